The number of carbonyl (C=O) groups excluding carboxylic acids is 6. The third-order valence-corrected chi connectivity index (χ3v) is 10.9. The van der Waals surface area contributed by atoms with E-state index in [1.54, 1.807) is 60.7 Å². The molecular formula is C46H42Cl4N8O6. The van der Waals surface area contributed by atoms with E-state index in [9.17, 15) is 28.8 Å². The van der Waals surface area contributed by atoms with Gasteiger partial charge in [0.2, 0.25) is 12.1 Å². The largest absolute Gasteiger partial charge is 0.323 e. The minimum Gasteiger partial charge on any atom is -0.323 e. The van der Waals surface area contributed by atoms with Gasteiger partial charge in [-0.3, -0.25) is 28.8 Å². The average molecular weight is 945 g/mol. The van der Waals surface area contributed by atoms with Gasteiger partial charge in [-0.25, -0.2) is 0 Å². The van der Waals surface area contributed by atoms with Crippen LogP contribution >= 0.6 is 46.4 Å². The molecule has 64 heavy (non-hydrogen) atoms. The van der Waals surface area contributed by atoms with Gasteiger partial charge in [-0.15, -0.1) is 23.2 Å². The monoisotopic (exact) mass is 942 g/mol. The van der Waals surface area contributed by atoms with Crippen LogP contribution in [0.15, 0.2) is 118 Å². The molecule has 0 radical (unpaired) electrons. The zero-order chi connectivity index (χ0) is 46.5. The van der Waals surface area contributed by atoms with E-state index in [-0.39, 0.29) is 44.3 Å². The lowest BCUT2D eigenvalue weighted by molar-refractivity contribution is -0.127. The second-order valence-electron chi connectivity index (χ2n) is 14.1. The van der Waals surface area contributed by atoms with Crippen LogP contribution in [0.4, 0.5) is 34.1 Å². The molecule has 0 aliphatic rings. The summed E-state index contributed by atoms with van der Waals surface area (Å²) in [6.07, 6.45) is 0.759. The summed E-state index contributed by atoms with van der Waals surface area (Å²) in [7, 11) is 0. The van der Waals surface area contributed by atoms with E-state index in [4.69, 9.17) is 46.4 Å². The topological polar surface area (TPSA) is 200 Å². The zero-order valence-corrected chi connectivity index (χ0v) is 38.0. The number of nitrogens with zero attached hydrogens (tertiary/aromatic N) is 4. The van der Waals surface area contributed by atoms with Gasteiger partial charge in [-0.2, -0.15) is 20.5 Å². The van der Waals surface area contributed by atoms with Crippen molar-refractivity contribution in [2.75, 3.05) is 21.3 Å². The molecule has 0 fully saturated rings. The normalized spacial score (nSPS) is 12.1. The van der Waals surface area contributed by atoms with Crippen LogP contribution in [0.5, 0.6) is 0 Å². The second kappa shape index (κ2) is 22.9. The van der Waals surface area contributed by atoms with Crippen LogP contribution < -0.4 is 21.3 Å². The number of benzene rings is 5. The van der Waals surface area contributed by atoms with Crippen molar-refractivity contribution >= 4 is 116 Å². The number of hydrogen-bond donors (Lipinski definition) is 4. The molecule has 4 N–H and O–H groups in total. The molecule has 18 heteroatoms. The zero-order valence-electron chi connectivity index (χ0n) is 35.0. The fourth-order valence-corrected chi connectivity index (χ4v) is 6.93. The highest BCUT2D eigenvalue weighted by molar-refractivity contribution is 6.33. The summed E-state index contributed by atoms with van der Waals surface area (Å²) in [5, 5.41) is 27.6. The number of ketones is 2. The highest BCUT2D eigenvalue weighted by atomic mass is 35.5. The van der Waals surface area contributed by atoms with Crippen molar-refractivity contribution in [2.45, 2.75) is 64.4 Å². The summed E-state index contributed by atoms with van der Waals surface area (Å²) < 4.78 is 0. The first kappa shape index (κ1) is 48.7. The number of azo groups is 2. The fourth-order valence-electron chi connectivity index (χ4n) is 6.15. The van der Waals surface area contributed by atoms with Crippen LogP contribution in [0.3, 0.4) is 0 Å². The van der Waals surface area contributed by atoms with Gasteiger partial charge in [-0.05, 0) is 110 Å². The van der Waals surface area contributed by atoms with E-state index in [0.29, 0.717) is 46.7 Å². The van der Waals surface area contributed by atoms with Gasteiger partial charge in [0.1, 0.15) is 11.4 Å². The van der Waals surface area contributed by atoms with Gasteiger partial charge in [0, 0.05) is 45.6 Å². The fraction of sp³-hybridized carbons (Fsp3) is 0.217. The molecule has 5 aromatic rings. The number of Topliss-reactive ketones (excluding diaryl/α,β-unsaturated/α-hetero) is 2. The Morgan fingerprint density at radius 2 is 0.875 bits per heavy atom. The Hall–Kier alpha value is -6.32. The number of alkyl halides is 2. The summed E-state index contributed by atoms with van der Waals surface area (Å²) in [4.78, 5) is 78.9. The Morgan fingerprint density at radius 1 is 0.500 bits per heavy atom. The van der Waals surface area contributed by atoms with Gasteiger partial charge in [0.15, 0.2) is 11.6 Å². The summed E-state index contributed by atoms with van der Waals surface area (Å²) in [6, 6.07) is 22.9. The van der Waals surface area contributed by atoms with Crippen molar-refractivity contribution in [1.29, 1.82) is 0 Å². The van der Waals surface area contributed by atoms with E-state index in [1.807, 2.05) is 13.8 Å². The first-order chi connectivity index (χ1) is 30.7. The van der Waals surface area contributed by atoms with Gasteiger partial charge >= 0.3 is 0 Å². The lowest BCUT2D eigenvalue weighted by Gasteiger charge is -2.18. The number of halogens is 4. The third-order valence-electron chi connectivity index (χ3n) is 9.67. The molecular weight excluding hydrogens is 902 g/mol. The predicted molar refractivity (Wildman–Crippen MR) is 251 cm³/mol. The predicted octanol–water partition coefficient (Wildman–Crippen LogP) is 11.5. The third kappa shape index (κ3) is 12.4. The van der Waals surface area contributed by atoms with Crippen LogP contribution in [0.25, 0.3) is 0 Å². The Balaban J connectivity index is 1.31. The molecule has 0 spiro atoms. The van der Waals surface area contributed by atoms with Crippen LogP contribution in [-0.4, -0.2) is 47.3 Å². The Bertz CT molecular complexity index is 2490. The molecule has 2 atom stereocenters. The molecule has 0 aliphatic carbocycles. The SMILES string of the molecule is CCc1cc(NC(=O)C(N=Nc2cc(C(=O)Nc3ccccc3CCl)ccc2Cl)C(C)=O)c(CC)cc1NC(=O)C(N=Nc1cc(C(=O)Nc2ccccc2CCl)ccc1Cl)C(C)=O. The molecule has 0 heterocycles. The lowest BCUT2D eigenvalue weighted by atomic mass is 10.0. The maximum absolute atomic E-state index is 13.6. The maximum atomic E-state index is 13.6. The van der Waals surface area contributed by atoms with Crippen molar-refractivity contribution in [3.8, 4) is 0 Å². The maximum Gasteiger partial charge on any atom is 0.258 e. The van der Waals surface area contributed by atoms with E-state index < -0.39 is 47.3 Å². The Labute approximate surface area is 389 Å². The van der Waals surface area contributed by atoms with Crippen LogP contribution in [-0.2, 0) is 43.8 Å². The number of para-hydroxylation sites is 2. The van der Waals surface area contributed by atoms with Crippen LogP contribution in [0.2, 0.25) is 10.0 Å². The van der Waals surface area contributed by atoms with E-state index in [2.05, 4.69) is 41.7 Å². The molecule has 5 aromatic carbocycles. The quantitative estimate of drug-likeness (QED) is 0.0382. The summed E-state index contributed by atoms with van der Waals surface area (Å²) in [6.45, 7) is 6.03. The van der Waals surface area contributed by atoms with E-state index in [1.165, 1.54) is 50.2 Å². The molecule has 0 saturated heterocycles. The summed E-state index contributed by atoms with van der Waals surface area (Å²) in [5.74, 6) is -3.37. The van der Waals surface area contributed by atoms with Gasteiger partial charge in [-0.1, -0.05) is 73.4 Å². The number of anilines is 4. The van der Waals surface area contributed by atoms with Crippen molar-refractivity contribution < 1.29 is 28.8 Å². The van der Waals surface area contributed by atoms with E-state index >= 15 is 0 Å². The van der Waals surface area contributed by atoms with Crippen molar-refractivity contribution in [3.05, 3.63) is 140 Å². The molecule has 330 valence electrons. The number of rotatable bonds is 18. The molecule has 0 bridgehead atoms. The molecule has 4 amide bonds. The number of nitrogens with one attached hydrogen (secondary N) is 4. The first-order valence-electron chi connectivity index (χ1n) is 19.8. The highest BCUT2D eigenvalue weighted by Gasteiger charge is 2.27. The van der Waals surface area contributed by atoms with Crippen LogP contribution in [0.1, 0.15) is 70.7 Å². The van der Waals surface area contributed by atoms with Crippen molar-refractivity contribution in [3.63, 3.8) is 0 Å². The molecule has 14 nitrogen and oxygen atoms in total. The lowest BCUT2D eigenvalue weighted by Crippen LogP contribution is -2.33. The minimum absolute atomic E-state index is 0.0503. The molecule has 0 aliphatic heterocycles. The van der Waals surface area contributed by atoms with Gasteiger partial charge < -0.3 is 21.3 Å². The number of hydrogen-bond acceptors (Lipinski definition) is 10. The Morgan fingerprint density at radius 3 is 1.22 bits per heavy atom. The number of aryl methyl sites for hydroxylation is 2. The smallest absolute Gasteiger partial charge is 0.258 e. The minimum atomic E-state index is -1.59. The van der Waals surface area contributed by atoms with Crippen molar-refractivity contribution in [1.82, 2.24) is 0 Å². The first-order valence-corrected chi connectivity index (χ1v) is 21.6. The van der Waals surface area contributed by atoms with Gasteiger partial charge in [0.25, 0.3) is 23.6 Å². The molecule has 0 aromatic heterocycles. The average Bonchev–Trinajstić information content (AvgIpc) is 3.27. The van der Waals surface area contributed by atoms with E-state index in [0.717, 1.165) is 11.1 Å². The standard InChI is InChI=1S/C46H42Cl4N8O6/c1-5-27-19-38(54-46(64)42(26(4)60)58-56-40-22-30(16-18-34(40)50)44(62)52-36-14-10-8-12-32(36)24-48)28(6-2)20-37(27)53-45(63)41(25(3)59)57-55-39-21-29(15-17-33(39)49)43(61)51-35-13-9-7-11-31(35)23-47/h7-22,41-42H,5-6,23-24H2,1-4H3,(H,51,61)(H,52,62)(H,53,63)(H,54,64). The molecule has 0 saturated carbocycles. The number of amides is 4. The van der Waals surface area contributed by atoms with Gasteiger partial charge in [0.05, 0.1) is 10.0 Å². The molecule has 5 rings (SSSR count). The summed E-state index contributed by atoms with van der Waals surface area (Å²) >= 11 is 24.8. The molecule has 2 unspecified atom stereocenters. The number of carbonyl (C=O) groups is 6. The summed E-state index contributed by atoms with van der Waals surface area (Å²) in [5.41, 5.74) is 4.85. The Kier molecular flexibility index (Phi) is 17.4. The second-order valence-corrected chi connectivity index (χ2v) is 15.5. The van der Waals surface area contributed by atoms with Crippen molar-refractivity contribution in [2.24, 2.45) is 20.5 Å². The van der Waals surface area contributed by atoms with Crippen LogP contribution in [0, 0.1) is 0 Å². The highest BCUT2D eigenvalue weighted by Crippen LogP contribution is 2.31.